The number of rotatable bonds is 2. The molecule has 0 bridgehead atoms. The van der Waals surface area contributed by atoms with Crippen LogP contribution in [-0.2, 0) is 13.0 Å². The number of piperazine rings is 1. The Bertz CT molecular complexity index is 436. The van der Waals surface area contributed by atoms with E-state index in [1.165, 1.54) is 18.7 Å². The molecule has 3 heteroatoms. The highest BCUT2D eigenvalue weighted by Crippen LogP contribution is 2.30. The van der Waals surface area contributed by atoms with Gasteiger partial charge in [0.15, 0.2) is 0 Å². The fourth-order valence-corrected chi connectivity index (χ4v) is 3.23. The summed E-state index contributed by atoms with van der Waals surface area (Å²) in [5, 5.41) is 3.44. The van der Waals surface area contributed by atoms with E-state index in [0.29, 0.717) is 6.04 Å². The van der Waals surface area contributed by atoms with Crippen molar-refractivity contribution >= 4 is 5.69 Å². The largest absolute Gasteiger partial charge is 0.369 e. The van der Waals surface area contributed by atoms with Crippen LogP contribution in [-0.4, -0.2) is 43.7 Å². The smallest absolute Gasteiger partial charge is 0.0415 e. The molecule has 104 valence electrons. The minimum absolute atomic E-state index is 0.643. The van der Waals surface area contributed by atoms with Crippen LogP contribution >= 0.6 is 0 Å². The molecule has 1 N–H and O–H groups in total. The second-order valence-corrected chi connectivity index (χ2v) is 5.97. The summed E-state index contributed by atoms with van der Waals surface area (Å²) < 4.78 is 0. The van der Waals surface area contributed by atoms with Crippen molar-refractivity contribution in [1.82, 2.24) is 10.2 Å². The van der Waals surface area contributed by atoms with Gasteiger partial charge >= 0.3 is 0 Å². The monoisotopic (exact) mass is 259 g/mol. The van der Waals surface area contributed by atoms with Crippen molar-refractivity contribution in [2.45, 2.75) is 32.9 Å². The van der Waals surface area contributed by atoms with Gasteiger partial charge in [0.1, 0.15) is 0 Å². The number of nitrogens with zero attached hydrogens (tertiary/aromatic N) is 2. The van der Waals surface area contributed by atoms with Gasteiger partial charge in [-0.05, 0) is 37.5 Å². The lowest BCUT2D eigenvalue weighted by atomic mass is 9.96. The standard InChI is InChI=1S/C16H25N3/c1-13(2)19-9-6-14-4-3-5-16(15(14)12-19)18-10-7-17-8-11-18/h3-5,13,17H,6-12H2,1-2H3. The fourth-order valence-electron chi connectivity index (χ4n) is 3.23. The van der Waals surface area contributed by atoms with E-state index in [2.05, 4.69) is 47.2 Å². The van der Waals surface area contributed by atoms with Gasteiger partial charge < -0.3 is 10.2 Å². The van der Waals surface area contributed by atoms with Crippen molar-refractivity contribution in [3.05, 3.63) is 29.3 Å². The Morgan fingerprint density at radius 1 is 1.11 bits per heavy atom. The minimum Gasteiger partial charge on any atom is -0.369 e. The molecule has 0 unspecified atom stereocenters. The average Bonchev–Trinajstić information content (AvgIpc) is 2.47. The summed E-state index contributed by atoms with van der Waals surface area (Å²) in [4.78, 5) is 5.15. The summed E-state index contributed by atoms with van der Waals surface area (Å²) in [5.74, 6) is 0. The number of fused-ring (bicyclic) bond motifs is 1. The summed E-state index contributed by atoms with van der Waals surface area (Å²) in [6, 6.07) is 7.51. The summed E-state index contributed by atoms with van der Waals surface area (Å²) in [5.41, 5.74) is 4.61. The van der Waals surface area contributed by atoms with Gasteiger partial charge in [0, 0.05) is 51.0 Å². The van der Waals surface area contributed by atoms with Gasteiger partial charge in [0.25, 0.3) is 0 Å². The Kier molecular flexibility index (Phi) is 3.76. The number of hydrogen-bond acceptors (Lipinski definition) is 3. The molecular weight excluding hydrogens is 234 g/mol. The molecule has 0 radical (unpaired) electrons. The molecule has 1 aromatic carbocycles. The van der Waals surface area contributed by atoms with Gasteiger partial charge in [0.05, 0.1) is 0 Å². The predicted octanol–water partition coefficient (Wildman–Crippen LogP) is 1.86. The third-order valence-electron chi connectivity index (χ3n) is 4.47. The van der Waals surface area contributed by atoms with E-state index in [1.807, 2.05) is 0 Å². The van der Waals surface area contributed by atoms with Crippen LogP contribution in [0.1, 0.15) is 25.0 Å². The highest BCUT2D eigenvalue weighted by molar-refractivity contribution is 5.58. The van der Waals surface area contributed by atoms with E-state index in [-0.39, 0.29) is 0 Å². The zero-order chi connectivity index (χ0) is 13.2. The number of benzene rings is 1. The Hall–Kier alpha value is -1.06. The normalized spacial score (nSPS) is 20.7. The van der Waals surface area contributed by atoms with Crippen LogP contribution in [0.2, 0.25) is 0 Å². The molecule has 1 aromatic rings. The first-order chi connectivity index (χ1) is 9.25. The van der Waals surface area contributed by atoms with E-state index in [4.69, 9.17) is 0 Å². The lowest BCUT2D eigenvalue weighted by Crippen LogP contribution is -2.44. The zero-order valence-electron chi connectivity index (χ0n) is 12.2. The summed E-state index contributed by atoms with van der Waals surface area (Å²) in [6.45, 7) is 11.4. The quantitative estimate of drug-likeness (QED) is 0.874. The van der Waals surface area contributed by atoms with Gasteiger partial charge in [-0.15, -0.1) is 0 Å². The van der Waals surface area contributed by atoms with E-state index in [9.17, 15) is 0 Å². The number of nitrogens with one attached hydrogen (secondary N) is 1. The topological polar surface area (TPSA) is 18.5 Å². The van der Waals surface area contributed by atoms with E-state index in [1.54, 1.807) is 11.1 Å². The Morgan fingerprint density at radius 2 is 1.89 bits per heavy atom. The second-order valence-electron chi connectivity index (χ2n) is 5.97. The molecule has 19 heavy (non-hydrogen) atoms. The highest BCUT2D eigenvalue weighted by atomic mass is 15.2. The van der Waals surface area contributed by atoms with Crippen molar-refractivity contribution in [3.63, 3.8) is 0 Å². The Labute approximate surface area is 116 Å². The van der Waals surface area contributed by atoms with Gasteiger partial charge in [-0.1, -0.05) is 12.1 Å². The third kappa shape index (κ3) is 2.63. The van der Waals surface area contributed by atoms with Crippen LogP contribution in [0, 0.1) is 0 Å². The van der Waals surface area contributed by atoms with E-state index < -0.39 is 0 Å². The van der Waals surface area contributed by atoms with E-state index in [0.717, 1.165) is 32.7 Å². The van der Waals surface area contributed by atoms with Crippen molar-refractivity contribution in [2.75, 3.05) is 37.6 Å². The molecule has 2 aliphatic heterocycles. The van der Waals surface area contributed by atoms with Crippen molar-refractivity contribution < 1.29 is 0 Å². The van der Waals surface area contributed by atoms with Gasteiger partial charge in [0.2, 0.25) is 0 Å². The number of anilines is 1. The Balaban J connectivity index is 1.89. The first-order valence-corrected chi connectivity index (χ1v) is 7.56. The number of hydrogen-bond donors (Lipinski definition) is 1. The van der Waals surface area contributed by atoms with Crippen molar-refractivity contribution in [1.29, 1.82) is 0 Å². The lowest BCUT2D eigenvalue weighted by Gasteiger charge is -2.37. The molecule has 0 spiro atoms. The van der Waals surface area contributed by atoms with Gasteiger partial charge in [-0.2, -0.15) is 0 Å². The molecule has 3 nitrogen and oxygen atoms in total. The maximum Gasteiger partial charge on any atom is 0.0415 e. The van der Waals surface area contributed by atoms with Crippen LogP contribution in [0.25, 0.3) is 0 Å². The van der Waals surface area contributed by atoms with Crippen LogP contribution in [0.15, 0.2) is 18.2 Å². The van der Waals surface area contributed by atoms with Crippen LogP contribution in [0.4, 0.5) is 5.69 Å². The van der Waals surface area contributed by atoms with Crippen molar-refractivity contribution in [2.24, 2.45) is 0 Å². The first kappa shape index (κ1) is 12.9. The molecule has 0 atom stereocenters. The van der Waals surface area contributed by atoms with Crippen molar-refractivity contribution in [3.8, 4) is 0 Å². The lowest BCUT2D eigenvalue weighted by molar-refractivity contribution is 0.203. The maximum absolute atomic E-state index is 3.44. The van der Waals surface area contributed by atoms with Gasteiger partial charge in [-0.25, -0.2) is 0 Å². The molecule has 1 fully saturated rings. The second kappa shape index (κ2) is 5.51. The SMILES string of the molecule is CC(C)N1CCc2cccc(N3CCNCC3)c2C1. The third-order valence-corrected chi connectivity index (χ3v) is 4.47. The zero-order valence-corrected chi connectivity index (χ0v) is 12.2. The molecule has 0 amide bonds. The molecule has 2 aliphatic rings. The summed E-state index contributed by atoms with van der Waals surface area (Å²) in [6.07, 6.45) is 1.20. The van der Waals surface area contributed by atoms with Crippen LogP contribution < -0.4 is 10.2 Å². The molecular formula is C16H25N3. The van der Waals surface area contributed by atoms with E-state index >= 15 is 0 Å². The van der Waals surface area contributed by atoms with Crippen LogP contribution in [0.5, 0.6) is 0 Å². The summed E-state index contributed by atoms with van der Waals surface area (Å²) in [7, 11) is 0. The van der Waals surface area contributed by atoms with Crippen LogP contribution in [0.3, 0.4) is 0 Å². The highest BCUT2D eigenvalue weighted by Gasteiger charge is 2.23. The fraction of sp³-hybridized carbons (Fsp3) is 0.625. The molecule has 3 rings (SSSR count). The summed E-state index contributed by atoms with van der Waals surface area (Å²) >= 11 is 0. The molecule has 0 aromatic heterocycles. The minimum atomic E-state index is 0.643. The first-order valence-electron chi connectivity index (χ1n) is 7.56. The average molecular weight is 259 g/mol. The molecule has 2 heterocycles. The molecule has 0 aliphatic carbocycles. The maximum atomic E-state index is 3.44. The molecule has 1 saturated heterocycles. The molecule has 0 saturated carbocycles. The Morgan fingerprint density at radius 3 is 2.63 bits per heavy atom. The van der Waals surface area contributed by atoms with Gasteiger partial charge in [-0.3, -0.25) is 4.90 Å². The predicted molar refractivity (Wildman–Crippen MR) is 80.8 cm³/mol.